The van der Waals surface area contributed by atoms with Gasteiger partial charge in [-0.3, -0.25) is 9.48 Å². The Bertz CT molecular complexity index is 616. The van der Waals surface area contributed by atoms with Crippen LogP contribution >= 0.6 is 0 Å². The van der Waals surface area contributed by atoms with E-state index in [1.165, 1.54) is 12.8 Å². The zero-order valence-corrected chi connectivity index (χ0v) is 13.4. The Labute approximate surface area is 135 Å². The van der Waals surface area contributed by atoms with Crippen molar-refractivity contribution in [3.63, 3.8) is 0 Å². The highest BCUT2D eigenvalue weighted by Crippen LogP contribution is 2.32. The molecular weight excluding hydrogens is 294 g/mol. The molecule has 0 bridgehead atoms. The highest BCUT2D eigenvalue weighted by molar-refractivity contribution is 5.78. The van der Waals surface area contributed by atoms with Gasteiger partial charge < -0.3 is 9.84 Å². The first-order valence-corrected chi connectivity index (χ1v) is 8.30. The summed E-state index contributed by atoms with van der Waals surface area (Å²) in [6, 6.07) is 1.85. The molecule has 1 aliphatic rings. The van der Waals surface area contributed by atoms with Crippen LogP contribution in [-0.2, 0) is 17.8 Å². The van der Waals surface area contributed by atoms with Crippen molar-refractivity contribution in [1.82, 2.24) is 25.2 Å². The fourth-order valence-electron chi connectivity index (χ4n) is 2.95. The van der Waals surface area contributed by atoms with Crippen molar-refractivity contribution in [2.45, 2.75) is 51.5 Å². The Morgan fingerprint density at radius 3 is 3.04 bits per heavy atom. The van der Waals surface area contributed by atoms with E-state index in [1.54, 1.807) is 10.9 Å². The number of nitrogens with zero attached hydrogens (tertiary/aromatic N) is 4. The van der Waals surface area contributed by atoms with Crippen molar-refractivity contribution >= 4 is 5.91 Å². The minimum Gasteiger partial charge on any atom is -0.355 e. The van der Waals surface area contributed by atoms with E-state index < -0.39 is 0 Å². The maximum Gasteiger partial charge on any atom is 0.229 e. The summed E-state index contributed by atoms with van der Waals surface area (Å²) in [6.07, 6.45) is 8.93. The monoisotopic (exact) mass is 317 g/mol. The van der Waals surface area contributed by atoms with Gasteiger partial charge in [0.15, 0.2) is 5.82 Å². The predicted molar refractivity (Wildman–Crippen MR) is 83.6 cm³/mol. The van der Waals surface area contributed by atoms with Gasteiger partial charge in [0, 0.05) is 31.3 Å². The van der Waals surface area contributed by atoms with Crippen LogP contribution in [0.1, 0.15) is 50.2 Å². The Hall–Kier alpha value is -2.18. The minimum atomic E-state index is -0.130. The SMILES string of the molecule is CC(Cn1cccn1)C(=O)NCCc1noc(C2CCCC2)n1. The van der Waals surface area contributed by atoms with Crippen LogP contribution in [-0.4, -0.2) is 32.4 Å². The fraction of sp³-hybridized carbons (Fsp3) is 0.625. The molecule has 1 N–H and O–H groups in total. The normalized spacial score (nSPS) is 16.6. The topological polar surface area (TPSA) is 85.8 Å². The van der Waals surface area contributed by atoms with E-state index in [9.17, 15) is 4.79 Å². The van der Waals surface area contributed by atoms with Gasteiger partial charge in [-0.05, 0) is 18.9 Å². The second kappa shape index (κ2) is 7.39. The van der Waals surface area contributed by atoms with Crippen molar-refractivity contribution in [2.24, 2.45) is 5.92 Å². The molecule has 7 heteroatoms. The van der Waals surface area contributed by atoms with Gasteiger partial charge >= 0.3 is 0 Å². The Morgan fingerprint density at radius 2 is 2.30 bits per heavy atom. The lowest BCUT2D eigenvalue weighted by Crippen LogP contribution is -2.33. The molecule has 23 heavy (non-hydrogen) atoms. The number of carbonyl (C=O) groups excluding carboxylic acids is 1. The van der Waals surface area contributed by atoms with Gasteiger partial charge in [0.05, 0.1) is 12.5 Å². The minimum absolute atomic E-state index is 0.0139. The fourth-order valence-corrected chi connectivity index (χ4v) is 2.95. The maximum atomic E-state index is 12.1. The van der Waals surface area contributed by atoms with Crippen molar-refractivity contribution in [3.8, 4) is 0 Å². The van der Waals surface area contributed by atoms with E-state index >= 15 is 0 Å². The third-order valence-electron chi connectivity index (χ3n) is 4.30. The number of aromatic nitrogens is 4. The van der Waals surface area contributed by atoms with E-state index in [-0.39, 0.29) is 11.8 Å². The molecule has 2 heterocycles. The van der Waals surface area contributed by atoms with Gasteiger partial charge in [0.2, 0.25) is 11.8 Å². The molecule has 0 radical (unpaired) electrons. The first kappa shape index (κ1) is 15.7. The number of amides is 1. The lowest BCUT2D eigenvalue weighted by molar-refractivity contribution is -0.124. The summed E-state index contributed by atoms with van der Waals surface area (Å²) in [5, 5.41) is 11.0. The van der Waals surface area contributed by atoms with Crippen molar-refractivity contribution < 1.29 is 9.32 Å². The van der Waals surface area contributed by atoms with Crippen LogP contribution in [0.5, 0.6) is 0 Å². The van der Waals surface area contributed by atoms with Crippen molar-refractivity contribution in [3.05, 3.63) is 30.2 Å². The third-order valence-corrected chi connectivity index (χ3v) is 4.30. The van der Waals surface area contributed by atoms with Crippen LogP contribution in [0.2, 0.25) is 0 Å². The summed E-state index contributed by atoms with van der Waals surface area (Å²) >= 11 is 0. The molecule has 1 unspecified atom stereocenters. The molecule has 1 saturated carbocycles. The second-order valence-corrected chi connectivity index (χ2v) is 6.20. The zero-order chi connectivity index (χ0) is 16.1. The van der Waals surface area contributed by atoms with Crippen LogP contribution < -0.4 is 5.32 Å². The molecule has 0 spiro atoms. The lowest BCUT2D eigenvalue weighted by atomic mass is 10.1. The second-order valence-electron chi connectivity index (χ2n) is 6.20. The standard InChI is InChI=1S/C16H23N5O2/c1-12(11-21-10-4-8-18-21)15(22)17-9-7-14-19-16(23-20-14)13-5-2-3-6-13/h4,8,10,12-13H,2-3,5-7,9,11H2,1H3,(H,17,22). The first-order valence-electron chi connectivity index (χ1n) is 8.30. The molecule has 1 atom stereocenters. The lowest BCUT2D eigenvalue weighted by Gasteiger charge is -2.11. The van der Waals surface area contributed by atoms with Crippen LogP contribution in [0, 0.1) is 5.92 Å². The van der Waals surface area contributed by atoms with Gasteiger partial charge in [0.25, 0.3) is 0 Å². The molecule has 2 aromatic rings. The summed E-state index contributed by atoms with van der Waals surface area (Å²) < 4.78 is 7.10. The summed E-state index contributed by atoms with van der Waals surface area (Å²) in [5.74, 6) is 1.75. The summed E-state index contributed by atoms with van der Waals surface area (Å²) in [7, 11) is 0. The van der Waals surface area contributed by atoms with E-state index in [2.05, 4.69) is 20.6 Å². The van der Waals surface area contributed by atoms with E-state index in [4.69, 9.17) is 4.52 Å². The van der Waals surface area contributed by atoms with E-state index in [0.717, 1.165) is 18.7 Å². The van der Waals surface area contributed by atoms with Crippen molar-refractivity contribution in [2.75, 3.05) is 6.54 Å². The van der Waals surface area contributed by atoms with E-state index in [0.29, 0.717) is 31.3 Å². The molecule has 0 aromatic carbocycles. The van der Waals surface area contributed by atoms with E-state index in [1.807, 2.05) is 19.2 Å². The molecule has 7 nitrogen and oxygen atoms in total. The van der Waals surface area contributed by atoms with Crippen LogP contribution in [0.3, 0.4) is 0 Å². The number of hydrogen-bond acceptors (Lipinski definition) is 5. The van der Waals surface area contributed by atoms with Crippen molar-refractivity contribution in [1.29, 1.82) is 0 Å². The Balaban J connectivity index is 1.41. The van der Waals surface area contributed by atoms with Gasteiger partial charge in [-0.2, -0.15) is 10.1 Å². The molecule has 0 aliphatic heterocycles. The predicted octanol–water partition coefficient (Wildman–Crippen LogP) is 1.92. The highest BCUT2D eigenvalue weighted by atomic mass is 16.5. The van der Waals surface area contributed by atoms with Crippen LogP contribution in [0.4, 0.5) is 0 Å². The van der Waals surface area contributed by atoms with Gasteiger partial charge in [-0.25, -0.2) is 0 Å². The number of carbonyl (C=O) groups is 1. The molecule has 1 fully saturated rings. The maximum absolute atomic E-state index is 12.1. The average molecular weight is 317 g/mol. The van der Waals surface area contributed by atoms with Crippen LogP contribution in [0.15, 0.2) is 23.0 Å². The van der Waals surface area contributed by atoms with Gasteiger partial charge in [-0.15, -0.1) is 0 Å². The smallest absolute Gasteiger partial charge is 0.229 e. The summed E-state index contributed by atoms with van der Waals surface area (Å²) in [6.45, 7) is 2.99. The third kappa shape index (κ3) is 4.18. The van der Waals surface area contributed by atoms with Crippen LogP contribution in [0.25, 0.3) is 0 Å². The molecule has 3 rings (SSSR count). The average Bonchev–Trinajstić information content (AvgIpc) is 3.29. The molecule has 1 amide bonds. The number of rotatable bonds is 7. The zero-order valence-electron chi connectivity index (χ0n) is 13.4. The van der Waals surface area contributed by atoms with Gasteiger partial charge in [-0.1, -0.05) is 24.9 Å². The molecule has 124 valence electrons. The molecular formula is C16H23N5O2. The number of hydrogen-bond donors (Lipinski definition) is 1. The number of nitrogens with one attached hydrogen (secondary N) is 1. The largest absolute Gasteiger partial charge is 0.355 e. The highest BCUT2D eigenvalue weighted by Gasteiger charge is 2.23. The Morgan fingerprint density at radius 1 is 1.48 bits per heavy atom. The quantitative estimate of drug-likeness (QED) is 0.843. The summed E-state index contributed by atoms with van der Waals surface area (Å²) in [5.41, 5.74) is 0. The first-order chi connectivity index (χ1) is 11.2. The molecule has 2 aromatic heterocycles. The molecule has 1 aliphatic carbocycles. The summed E-state index contributed by atoms with van der Waals surface area (Å²) in [4.78, 5) is 16.5. The molecule has 0 saturated heterocycles. The van der Waals surface area contributed by atoms with Gasteiger partial charge in [0.1, 0.15) is 0 Å². The Kier molecular flexibility index (Phi) is 5.05.